The van der Waals surface area contributed by atoms with Crippen molar-refractivity contribution in [1.82, 2.24) is 0 Å². The molecule has 2 rings (SSSR count). The molecular formula is C17H22N2. The molecule has 2 heteroatoms. The van der Waals surface area contributed by atoms with Crippen LogP contribution in [0.1, 0.15) is 31.0 Å². The maximum atomic E-state index is 5.89. The molecule has 2 aromatic rings. The van der Waals surface area contributed by atoms with E-state index in [1.165, 1.54) is 22.5 Å². The van der Waals surface area contributed by atoms with Gasteiger partial charge in [-0.15, -0.1) is 0 Å². The Balaban J connectivity index is 2.28. The molecule has 2 nitrogen and oxygen atoms in total. The highest BCUT2D eigenvalue weighted by molar-refractivity contribution is 5.63. The Morgan fingerprint density at radius 3 is 1.84 bits per heavy atom. The zero-order valence-electron chi connectivity index (χ0n) is 11.9. The number of benzene rings is 2. The van der Waals surface area contributed by atoms with Gasteiger partial charge in [0.05, 0.1) is 0 Å². The van der Waals surface area contributed by atoms with Crippen LogP contribution in [0.15, 0.2) is 48.5 Å². The summed E-state index contributed by atoms with van der Waals surface area (Å²) in [7, 11) is 0. The topological polar surface area (TPSA) is 29.3 Å². The number of anilines is 2. The minimum absolute atomic E-state index is 0.0866. The van der Waals surface area contributed by atoms with Crippen LogP contribution in [-0.4, -0.2) is 6.54 Å². The van der Waals surface area contributed by atoms with E-state index in [1.54, 1.807) is 0 Å². The molecule has 0 aliphatic rings. The van der Waals surface area contributed by atoms with Gasteiger partial charge in [0.1, 0.15) is 0 Å². The number of rotatable bonds is 4. The first kappa shape index (κ1) is 13.6. The van der Waals surface area contributed by atoms with E-state index >= 15 is 0 Å². The third kappa shape index (κ3) is 3.15. The van der Waals surface area contributed by atoms with Crippen LogP contribution < -0.4 is 10.6 Å². The molecule has 0 radical (unpaired) electrons. The number of hydrogen-bond donors (Lipinski definition) is 1. The lowest BCUT2D eigenvalue weighted by atomic mass is 10.1. The summed E-state index contributed by atoms with van der Waals surface area (Å²) < 4.78 is 0. The SMILES string of the molecule is CCN(c1ccc(C)cc1)c1ccc([C@@H](C)N)cc1. The van der Waals surface area contributed by atoms with Crippen molar-refractivity contribution in [3.63, 3.8) is 0 Å². The Kier molecular flexibility index (Phi) is 4.23. The lowest BCUT2D eigenvalue weighted by Gasteiger charge is -2.24. The quantitative estimate of drug-likeness (QED) is 0.887. The summed E-state index contributed by atoms with van der Waals surface area (Å²) in [6.45, 7) is 7.23. The van der Waals surface area contributed by atoms with Crippen LogP contribution in [0.5, 0.6) is 0 Å². The van der Waals surface area contributed by atoms with E-state index in [0.717, 1.165) is 6.54 Å². The van der Waals surface area contributed by atoms with Gasteiger partial charge in [-0.3, -0.25) is 0 Å². The maximum absolute atomic E-state index is 5.89. The number of hydrogen-bond acceptors (Lipinski definition) is 2. The average Bonchev–Trinajstić information content (AvgIpc) is 2.42. The molecule has 2 aromatic carbocycles. The van der Waals surface area contributed by atoms with Gasteiger partial charge in [-0.1, -0.05) is 29.8 Å². The van der Waals surface area contributed by atoms with Gasteiger partial charge in [-0.2, -0.15) is 0 Å². The molecule has 0 aromatic heterocycles. The number of nitrogens with zero attached hydrogens (tertiary/aromatic N) is 1. The summed E-state index contributed by atoms with van der Waals surface area (Å²) in [5, 5.41) is 0. The second-order valence-corrected chi connectivity index (χ2v) is 4.96. The molecule has 0 aliphatic carbocycles. The first-order chi connectivity index (χ1) is 9.11. The largest absolute Gasteiger partial charge is 0.342 e. The van der Waals surface area contributed by atoms with Gasteiger partial charge in [-0.05, 0) is 50.6 Å². The molecule has 0 saturated heterocycles. The van der Waals surface area contributed by atoms with Gasteiger partial charge in [-0.25, -0.2) is 0 Å². The molecule has 0 bridgehead atoms. The van der Waals surface area contributed by atoms with Crippen LogP contribution in [0.25, 0.3) is 0 Å². The molecule has 0 amide bonds. The summed E-state index contributed by atoms with van der Waals surface area (Å²) >= 11 is 0. The molecule has 100 valence electrons. The van der Waals surface area contributed by atoms with Crippen LogP contribution in [0.4, 0.5) is 11.4 Å². The zero-order valence-corrected chi connectivity index (χ0v) is 11.9. The normalized spacial score (nSPS) is 12.2. The van der Waals surface area contributed by atoms with Gasteiger partial charge < -0.3 is 10.6 Å². The Hall–Kier alpha value is -1.80. The van der Waals surface area contributed by atoms with E-state index in [1.807, 2.05) is 6.92 Å². The Bertz CT molecular complexity index is 512. The van der Waals surface area contributed by atoms with Crippen LogP contribution in [0.3, 0.4) is 0 Å². The first-order valence-corrected chi connectivity index (χ1v) is 6.81. The van der Waals surface area contributed by atoms with E-state index in [9.17, 15) is 0 Å². The van der Waals surface area contributed by atoms with Crippen LogP contribution in [0.2, 0.25) is 0 Å². The van der Waals surface area contributed by atoms with Crippen molar-refractivity contribution in [3.05, 3.63) is 59.7 Å². The first-order valence-electron chi connectivity index (χ1n) is 6.81. The molecule has 19 heavy (non-hydrogen) atoms. The standard InChI is InChI=1S/C17H22N2/c1-4-19(16-9-5-13(2)6-10-16)17-11-7-15(8-12-17)14(3)18/h5-12,14H,4,18H2,1-3H3/t14-/m1/s1. The second kappa shape index (κ2) is 5.89. The molecule has 0 aliphatic heterocycles. The minimum Gasteiger partial charge on any atom is -0.342 e. The fourth-order valence-electron chi connectivity index (χ4n) is 2.20. The third-order valence-corrected chi connectivity index (χ3v) is 3.39. The molecule has 0 fully saturated rings. The predicted molar refractivity (Wildman–Crippen MR) is 82.9 cm³/mol. The Labute approximate surface area is 115 Å². The lowest BCUT2D eigenvalue weighted by Crippen LogP contribution is -2.16. The summed E-state index contributed by atoms with van der Waals surface area (Å²) in [5.41, 5.74) is 10.8. The molecule has 0 spiro atoms. The maximum Gasteiger partial charge on any atom is 0.0410 e. The van der Waals surface area contributed by atoms with E-state index in [2.05, 4.69) is 67.3 Å². The van der Waals surface area contributed by atoms with Crippen molar-refractivity contribution < 1.29 is 0 Å². The Morgan fingerprint density at radius 1 is 0.947 bits per heavy atom. The van der Waals surface area contributed by atoms with E-state index in [0.29, 0.717) is 0 Å². The molecule has 1 atom stereocenters. The van der Waals surface area contributed by atoms with Gasteiger partial charge in [0, 0.05) is 24.0 Å². The highest BCUT2D eigenvalue weighted by Gasteiger charge is 2.07. The highest BCUT2D eigenvalue weighted by atomic mass is 15.1. The molecule has 2 N–H and O–H groups in total. The molecule has 0 saturated carbocycles. The third-order valence-electron chi connectivity index (χ3n) is 3.39. The van der Waals surface area contributed by atoms with Crippen molar-refractivity contribution in [2.75, 3.05) is 11.4 Å². The lowest BCUT2D eigenvalue weighted by molar-refractivity contribution is 0.818. The van der Waals surface area contributed by atoms with Crippen molar-refractivity contribution >= 4 is 11.4 Å². The average molecular weight is 254 g/mol. The highest BCUT2D eigenvalue weighted by Crippen LogP contribution is 2.26. The van der Waals surface area contributed by atoms with Crippen LogP contribution in [-0.2, 0) is 0 Å². The van der Waals surface area contributed by atoms with E-state index < -0.39 is 0 Å². The molecule has 0 unspecified atom stereocenters. The smallest absolute Gasteiger partial charge is 0.0410 e. The van der Waals surface area contributed by atoms with Crippen molar-refractivity contribution in [2.24, 2.45) is 5.73 Å². The predicted octanol–water partition coefficient (Wildman–Crippen LogP) is 4.17. The van der Waals surface area contributed by atoms with Crippen LogP contribution in [0, 0.1) is 6.92 Å². The van der Waals surface area contributed by atoms with E-state index in [4.69, 9.17) is 5.73 Å². The molecular weight excluding hydrogens is 232 g/mol. The summed E-state index contributed by atoms with van der Waals surface area (Å²) in [6, 6.07) is 17.2. The van der Waals surface area contributed by atoms with Gasteiger partial charge in [0.2, 0.25) is 0 Å². The van der Waals surface area contributed by atoms with Crippen molar-refractivity contribution in [2.45, 2.75) is 26.8 Å². The number of nitrogens with two attached hydrogens (primary N) is 1. The summed E-state index contributed by atoms with van der Waals surface area (Å²) in [4.78, 5) is 2.30. The van der Waals surface area contributed by atoms with Gasteiger partial charge in [0.25, 0.3) is 0 Å². The second-order valence-electron chi connectivity index (χ2n) is 4.96. The van der Waals surface area contributed by atoms with E-state index in [-0.39, 0.29) is 6.04 Å². The molecule has 0 heterocycles. The summed E-state index contributed by atoms with van der Waals surface area (Å²) in [6.07, 6.45) is 0. The van der Waals surface area contributed by atoms with Gasteiger partial charge in [0.15, 0.2) is 0 Å². The van der Waals surface area contributed by atoms with Crippen molar-refractivity contribution in [1.29, 1.82) is 0 Å². The Morgan fingerprint density at radius 2 is 1.42 bits per heavy atom. The van der Waals surface area contributed by atoms with Crippen LogP contribution >= 0.6 is 0 Å². The fourth-order valence-corrected chi connectivity index (χ4v) is 2.20. The minimum atomic E-state index is 0.0866. The van der Waals surface area contributed by atoms with Gasteiger partial charge >= 0.3 is 0 Å². The zero-order chi connectivity index (χ0) is 13.8. The monoisotopic (exact) mass is 254 g/mol. The number of aryl methyl sites for hydroxylation is 1. The van der Waals surface area contributed by atoms with Crippen molar-refractivity contribution in [3.8, 4) is 0 Å². The summed E-state index contributed by atoms with van der Waals surface area (Å²) in [5.74, 6) is 0. The fraction of sp³-hybridized carbons (Fsp3) is 0.294.